The number of carbonyl (C=O) groups is 1. The van der Waals surface area contributed by atoms with Crippen molar-refractivity contribution in [2.24, 2.45) is 0 Å². The van der Waals surface area contributed by atoms with E-state index in [1.165, 1.54) is 27.8 Å². The Labute approximate surface area is 196 Å². The van der Waals surface area contributed by atoms with E-state index in [0.717, 1.165) is 19.5 Å². The first-order valence-corrected chi connectivity index (χ1v) is 11.6. The summed E-state index contributed by atoms with van der Waals surface area (Å²) in [4.78, 5) is 14.8. The quantitative estimate of drug-likeness (QED) is 0.489. The van der Waals surface area contributed by atoms with Crippen molar-refractivity contribution < 1.29 is 9.53 Å². The van der Waals surface area contributed by atoms with E-state index in [1.54, 1.807) is 13.0 Å². The molecule has 4 rings (SSSR count). The van der Waals surface area contributed by atoms with E-state index in [9.17, 15) is 4.79 Å². The monoisotopic (exact) mass is 440 g/mol. The van der Waals surface area contributed by atoms with Crippen molar-refractivity contribution in [2.75, 3.05) is 13.1 Å². The third-order valence-corrected chi connectivity index (χ3v) is 6.17. The van der Waals surface area contributed by atoms with Crippen LogP contribution in [-0.4, -0.2) is 30.0 Å². The Morgan fingerprint density at radius 3 is 2.64 bits per heavy atom. The molecule has 1 N–H and O–H groups in total. The van der Waals surface area contributed by atoms with Gasteiger partial charge in [0.05, 0.1) is 6.04 Å². The van der Waals surface area contributed by atoms with E-state index in [0.29, 0.717) is 12.3 Å². The van der Waals surface area contributed by atoms with Gasteiger partial charge in [-0.1, -0.05) is 72.3 Å². The van der Waals surface area contributed by atoms with Crippen LogP contribution in [-0.2, 0) is 17.8 Å². The molecule has 1 heterocycles. The van der Waals surface area contributed by atoms with Crippen molar-refractivity contribution in [1.82, 2.24) is 10.2 Å². The molecule has 1 amide bonds. The number of nitrogens with one attached hydrogen (secondary N) is 1. The third-order valence-electron chi connectivity index (χ3n) is 6.17. The number of benzene rings is 3. The van der Waals surface area contributed by atoms with Crippen LogP contribution in [0.3, 0.4) is 0 Å². The fourth-order valence-electron chi connectivity index (χ4n) is 4.42. The second-order valence-electron chi connectivity index (χ2n) is 8.67. The van der Waals surface area contributed by atoms with Gasteiger partial charge < -0.3 is 10.1 Å². The average molecular weight is 441 g/mol. The average Bonchev–Trinajstić information content (AvgIpc) is 2.84. The van der Waals surface area contributed by atoms with Gasteiger partial charge in [0.2, 0.25) is 0 Å². The fourth-order valence-corrected chi connectivity index (χ4v) is 4.42. The normalized spacial score (nSPS) is 16.5. The molecular formula is C29H32N2O2. The van der Waals surface area contributed by atoms with Gasteiger partial charge in [0.15, 0.2) is 6.10 Å². The summed E-state index contributed by atoms with van der Waals surface area (Å²) in [5.74, 6) is 0.571. The minimum absolute atomic E-state index is 0.129. The lowest BCUT2D eigenvalue weighted by atomic mass is 9.87. The number of rotatable bonds is 8. The summed E-state index contributed by atoms with van der Waals surface area (Å²) in [6, 6.07) is 25.8. The number of hydrogen-bond acceptors (Lipinski definition) is 3. The number of amides is 1. The molecule has 0 fully saturated rings. The Morgan fingerprint density at radius 1 is 1.15 bits per heavy atom. The molecule has 170 valence electrons. The summed E-state index contributed by atoms with van der Waals surface area (Å²) in [5, 5.41) is 2.80. The topological polar surface area (TPSA) is 41.6 Å². The smallest absolute Gasteiger partial charge is 0.261 e. The third kappa shape index (κ3) is 5.52. The maximum atomic E-state index is 12.3. The Balaban J connectivity index is 1.63. The van der Waals surface area contributed by atoms with E-state index < -0.39 is 6.10 Å². The van der Waals surface area contributed by atoms with Crippen molar-refractivity contribution >= 4 is 5.91 Å². The second kappa shape index (κ2) is 10.5. The number of fused-ring (bicyclic) bond motifs is 1. The Kier molecular flexibility index (Phi) is 7.26. The molecule has 0 unspecified atom stereocenters. The zero-order valence-electron chi connectivity index (χ0n) is 19.5. The van der Waals surface area contributed by atoms with Gasteiger partial charge in [-0.05, 0) is 54.7 Å². The number of ether oxygens (including phenoxy) is 1. The largest absolute Gasteiger partial charge is 0.481 e. The first kappa shape index (κ1) is 22.8. The highest BCUT2D eigenvalue weighted by molar-refractivity contribution is 5.80. The van der Waals surface area contributed by atoms with Crippen LogP contribution in [0.4, 0.5) is 0 Å². The van der Waals surface area contributed by atoms with E-state index in [1.807, 2.05) is 6.07 Å². The van der Waals surface area contributed by atoms with Gasteiger partial charge >= 0.3 is 0 Å². The highest BCUT2D eigenvalue weighted by atomic mass is 16.5. The number of aryl methyl sites for hydroxylation is 1. The molecule has 33 heavy (non-hydrogen) atoms. The predicted molar refractivity (Wildman–Crippen MR) is 133 cm³/mol. The lowest BCUT2D eigenvalue weighted by Crippen LogP contribution is -2.37. The zero-order chi connectivity index (χ0) is 23.2. The van der Waals surface area contributed by atoms with Crippen molar-refractivity contribution in [3.8, 4) is 5.75 Å². The summed E-state index contributed by atoms with van der Waals surface area (Å²) in [5.41, 5.74) is 6.43. The van der Waals surface area contributed by atoms with Gasteiger partial charge in [0.25, 0.3) is 5.91 Å². The molecule has 0 saturated heterocycles. The van der Waals surface area contributed by atoms with Crippen LogP contribution in [0, 0.1) is 6.92 Å². The molecule has 1 aliphatic heterocycles. The van der Waals surface area contributed by atoms with Gasteiger partial charge in [-0.2, -0.15) is 0 Å². The van der Waals surface area contributed by atoms with Crippen LogP contribution in [0.25, 0.3) is 0 Å². The molecule has 0 spiro atoms. The molecule has 0 saturated carbocycles. The first-order valence-electron chi connectivity index (χ1n) is 11.6. The van der Waals surface area contributed by atoms with Crippen LogP contribution in [0.5, 0.6) is 5.75 Å². The molecule has 3 aromatic rings. The molecule has 4 heteroatoms. The summed E-state index contributed by atoms with van der Waals surface area (Å²) in [7, 11) is 0. The molecule has 0 radical (unpaired) electrons. The zero-order valence-corrected chi connectivity index (χ0v) is 19.5. The van der Waals surface area contributed by atoms with E-state index >= 15 is 0 Å². The summed E-state index contributed by atoms with van der Waals surface area (Å²) >= 11 is 0. The second-order valence-corrected chi connectivity index (χ2v) is 8.67. The first-order chi connectivity index (χ1) is 16.0. The molecule has 1 aliphatic rings. The predicted octanol–water partition coefficient (Wildman–Crippen LogP) is 5.21. The summed E-state index contributed by atoms with van der Waals surface area (Å²) < 4.78 is 6.03. The van der Waals surface area contributed by atoms with Crippen LogP contribution < -0.4 is 10.1 Å². The van der Waals surface area contributed by atoms with Crippen LogP contribution in [0.1, 0.15) is 40.8 Å². The highest BCUT2D eigenvalue weighted by Gasteiger charge is 2.29. The fraction of sp³-hybridized carbons (Fsp3) is 0.276. The van der Waals surface area contributed by atoms with Crippen LogP contribution in [0.15, 0.2) is 85.5 Å². The van der Waals surface area contributed by atoms with Crippen molar-refractivity contribution in [1.29, 1.82) is 0 Å². The SMILES string of the molecule is C=CCNC(=O)[C@@H](C)Oc1ccc2c(c1)[C@H](c1ccccc1)N(Cc1ccc(C)cc1)CC2. The maximum absolute atomic E-state index is 12.3. The van der Waals surface area contributed by atoms with Gasteiger partial charge in [-0.15, -0.1) is 6.58 Å². The summed E-state index contributed by atoms with van der Waals surface area (Å²) in [6.45, 7) is 9.83. The van der Waals surface area contributed by atoms with Crippen molar-refractivity contribution in [3.63, 3.8) is 0 Å². The van der Waals surface area contributed by atoms with Gasteiger partial charge in [0.1, 0.15) is 5.75 Å². The number of hydrogen-bond donors (Lipinski definition) is 1. The Morgan fingerprint density at radius 2 is 1.91 bits per heavy atom. The van der Waals surface area contributed by atoms with E-state index in [2.05, 4.69) is 90.4 Å². The van der Waals surface area contributed by atoms with Crippen LogP contribution >= 0.6 is 0 Å². The highest BCUT2D eigenvalue weighted by Crippen LogP contribution is 2.38. The molecule has 0 bridgehead atoms. The molecule has 0 aliphatic carbocycles. The molecule has 0 aromatic heterocycles. The van der Waals surface area contributed by atoms with Crippen molar-refractivity contribution in [3.05, 3.63) is 113 Å². The minimum Gasteiger partial charge on any atom is -0.481 e. The van der Waals surface area contributed by atoms with E-state index in [-0.39, 0.29) is 11.9 Å². The van der Waals surface area contributed by atoms with Gasteiger partial charge in [0, 0.05) is 19.6 Å². The lowest BCUT2D eigenvalue weighted by Gasteiger charge is -2.38. The Bertz CT molecular complexity index is 1090. The van der Waals surface area contributed by atoms with Crippen molar-refractivity contribution in [2.45, 2.75) is 39.0 Å². The standard InChI is InChI=1S/C29H32N2O2/c1-4-17-30-29(32)22(3)33-26-15-14-24-16-18-31(20-23-12-10-21(2)11-13-23)28(27(24)19-26)25-8-6-5-7-9-25/h4-15,19,22,28H,1,16-18,20H2,2-3H3,(H,30,32)/t22-,28+/m1/s1. The summed E-state index contributed by atoms with van der Waals surface area (Å²) in [6.07, 6.45) is 2.07. The number of carbonyl (C=O) groups excluding carboxylic acids is 1. The van der Waals surface area contributed by atoms with E-state index in [4.69, 9.17) is 4.74 Å². The number of nitrogens with zero attached hydrogens (tertiary/aromatic N) is 1. The molecule has 2 atom stereocenters. The van der Waals surface area contributed by atoms with Crippen LogP contribution in [0.2, 0.25) is 0 Å². The Hall–Kier alpha value is -3.37. The molecule has 4 nitrogen and oxygen atoms in total. The maximum Gasteiger partial charge on any atom is 0.261 e. The van der Waals surface area contributed by atoms with Gasteiger partial charge in [-0.25, -0.2) is 0 Å². The molecule has 3 aromatic carbocycles. The lowest BCUT2D eigenvalue weighted by molar-refractivity contribution is -0.127. The molecular weight excluding hydrogens is 408 g/mol. The van der Waals surface area contributed by atoms with Gasteiger partial charge in [-0.3, -0.25) is 9.69 Å². The minimum atomic E-state index is -0.578.